The second kappa shape index (κ2) is 6.05. The predicted octanol–water partition coefficient (Wildman–Crippen LogP) is 1.80. The molecule has 0 aliphatic rings. The van der Waals surface area contributed by atoms with Crippen molar-refractivity contribution in [3.05, 3.63) is 54.2 Å². The topological polar surface area (TPSA) is 122 Å². The number of carbonyl (C=O) groups excluding carboxylic acids is 1. The van der Waals surface area contributed by atoms with Gasteiger partial charge in [0.15, 0.2) is 0 Å². The van der Waals surface area contributed by atoms with Crippen LogP contribution in [-0.4, -0.2) is 30.4 Å². The predicted molar refractivity (Wildman–Crippen MR) is 73.8 cm³/mol. The highest BCUT2D eigenvalue weighted by Crippen LogP contribution is 2.28. The summed E-state index contributed by atoms with van der Waals surface area (Å²) in [4.78, 5) is 20.8. The molecule has 0 atom stereocenters. The number of rotatable bonds is 5. The Balaban J connectivity index is 2.51. The van der Waals surface area contributed by atoms with Crippen LogP contribution in [0.3, 0.4) is 0 Å². The minimum Gasteiger partial charge on any atom is -0.507 e. The van der Waals surface area contributed by atoms with E-state index in [1.165, 1.54) is 0 Å². The number of benzene rings is 1. The van der Waals surface area contributed by atoms with E-state index in [-0.39, 0.29) is 10.5 Å². The van der Waals surface area contributed by atoms with Crippen molar-refractivity contribution < 1.29 is 37.0 Å². The van der Waals surface area contributed by atoms with Crippen molar-refractivity contribution in [1.82, 2.24) is 0 Å². The van der Waals surface area contributed by atoms with Gasteiger partial charge in [-0.1, -0.05) is 0 Å². The molecule has 1 aromatic heterocycles. The molecule has 9 heteroatoms. The molecule has 2 rings (SSSR count). The normalized spacial score (nSPS) is 12.1. The lowest BCUT2D eigenvalue weighted by atomic mass is 10.2. The largest absolute Gasteiger partial charge is 0.507 e. The average molecular weight is 340 g/mol. The van der Waals surface area contributed by atoms with Gasteiger partial charge in [-0.3, -0.25) is 4.79 Å². The summed E-state index contributed by atoms with van der Waals surface area (Å²) in [5, 5.41) is 18.2. The molecule has 0 radical (unpaired) electrons. The first kappa shape index (κ1) is 16.4. The number of aliphatic hydroxyl groups excluding tert-OH is 1. The number of ketones is 1. The number of aliphatic carboxylic acids is 1. The van der Waals surface area contributed by atoms with Crippen LogP contribution >= 0.6 is 0 Å². The van der Waals surface area contributed by atoms with Crippen LogP contribution in [0.4, 0.5) is 4.39 Å². The average Bonchev–Trinajstić information content (AvgIpc) is 2.97. The number of carboxylic acids is 1. The van der Waals surface area contributed by atoms with Crippen LogP contribution in [0.2, 0.25) is 0 Å². The minimum absolute atomic E-state index is 0.265. The van der Waals surface area contributed by atoms with Gasteiger partial charge in [-0.2, -0.15) is 0 Å². The third-order valence-electron chi connectivity index (χ3n) is 2.79. The van der Waals surface area contributed by atoms with E-state index in [2.05, 4.69) is 0 Å². The molecule has 0 unspecified atom stereocenters. The summed E-state index contributed by atoms with van der Waals surface area (Å²) in [6, 6.07) is 3.92. The van der Waals surface area contributed by atoms with Gasteiger partial charge in [-0.05, 0) is 24.3 Å². The van der Waals surface area contributed by atoms with Gasteiger partial charge in [0.25, 0.3) is 5.78 Å². The number of sulfone groups is 1. The lowest BCUT2D eigenvalue weighted by molar-refractivity contribution is -0.146. The van der Waals surface area contributed by atoms with E-state index in [1.807, 2.05) is 0 Å². The summed E-state index contributed by atoms with van der Waals surface area (Å²) in [6.07, 6.45) is 2.01. The molecule has 2 aromatic rings. The Morgan fingerprint density at radius 1 is 1.09 bits per heavy atom. The molecule has 0 spiro atoms. The van der Waals surface area contributed by atoms with Crippen LogP contribution in [0.25, 0.3) is 5.76 Å². The molecule has 7 nitrogen and oxygen atoms in total. The Kier molecular flexibility index (Phi) is 4.32. The summed E-state index contributed by atoms with van der Waals surface area (Å²) >= 11 is 0. The molecule has 23 heavy (non-hydrogen) atoms. The molecule has 0 saturated carbocycles. The fourth-order valence-corrected chi connectivity index (χ4v) is 3.06. The molecule has 0 saturated heterocycles. The van der Waals surface area contributed by atoms with Crippen molar-refractivity contribution in [1.29, 1.82) is 0 Å². The van der Waals surface area contributed by atoms with Gasteiger partial charge in [0, 0.05) is 6.08 Å². The Morgan fingerprint density at radius 2 is 1.70 bits per heavy atom. The molecule has 0 aliphatic carbocycles. The van der Waals surface area contributed by atoms with E-state index in [0.29, 0.717) is 6.08 Å². The van der Waals surface area contributed by atoms with Crippen molar-refractivity contribution >= 4 is 27.3 Å². The molecular formula is C14H9FO7S. The summed E-state index contributed by atoms with van der Waals surface area (Å²) in [7, 11) is -4.16. The molecule has 0 amide bonds. The zero-order valence-corrected chi connectivity index (χ0v) is 12.1. The fraction of sp³-hybridized carbons (Fsp3) is 0. The maximum atomic E-state index is 12.9. The van der Waals surface area contributed by atoms with Crippen molar-refractivity contribution in [3.63, 3.8) is 0 Å². The van der Waals surface area contributed by atoms with Crippen LogP contribution in [0.1, 0.15) is 5.56 Å². The number of hydrogen-bond donors (Lipinski definition) is 2. The highest BCUT2D eigenvalue weighted by Gasteiger charge is 2.26. The van der Waals surface area contributed by atoms with Crippen molar-refractivity contribution in [3.8, 4) is 0 Å². The number of carboxylic acid groups (broad SMARTS) is 1. The minimum atomic E-state index is -4.16. The van der Waals surface area contributed by atoms with Crippen molar-refractivity contribution in [2.75, 3.05) is 0 Å². The smallest absolute Gasteiger partial charge is 0.376 e. The zero-order chi connectivity index (χ0) is 17.2. The molecule has 0 fully saturated rings. The number of carbonyl (C=O) groups is 2. The Hall–Kier alpha value is -2.94. The number of furan rings is 1. The van der Waals surface area contributed by atoms with E-state index in [0.717, 1.165) is 36.8 Å². The van der Waals surface area contributed by atoms with E-state index < -0.39 is 38.1 Å². The fourth-order valence-electron chi connectivity index (χ4n) is 1.68. The van der Waals surface area contributed by atoms with Crippen LogP contribution < -0.4 is 0 Å². The first-order valence-corrected chi connectivity index (χ1v) is 7.47. The highest BCUT2D eigenvalue weighted by molar-refractivity contribution is 7.91. The third-order valence-corrected chi connectivity index (χ3v) is 4.58. The summed E-state index contributed by atoms with van der Waals surface area (Å²) < 4.78 is 42.5. The van der Waals surface area contributed by atoms with Gasteiger partial charge >= 0.3 is 5.97 Å². The lowest BCUT2D eigenvalue weighted by Gasteiger charge is -2.04. The molecular weight excluding hydrogens is 331 g/mol. The molecule has 0 bridgehead atoms. The SMILES string of the molecule is O=C(O)C(=O)C=C(O)c1cocc1S(=O)(=O)c1ccc(F)cc1. The van der Waals surface area contributed by atoms with Gasteiger partial charge in [-0.15, -0.1) is 0 Å². The van der Waals surface area contributed by atoms with E-state index >= 15 is 0 Å². The second-order valence-electron chi connectivity index (χ2n) is 4.31. The van der Waals surface area contributed by atoms with E-state index in [1.54, 1.807) is 0 Å². The van der Waals surface area contributed by atoms with Crippen LogP contribution in [-0.2, 0) is 19.4 Å². The molecule has 2 N–H and O–H groups in total. The summed E-state index contributed by atoms with van der Waals surface area (Å²) in [6.45, 7) is 0. The standard InChI is InChI=1S/C14H9FO7S/c15-8-1-3-9(4-2-8)23(20,21)13-7-22-6-10(13)11(16)5-12(17)14(18)19/h1-7,16H,(H,18,19). The molecule has 120 valence electrons. The number of halogens is 1. The molecule has 1 heterocycles. The first-order chi connectivity index (χ1) is 10.7. The third kappa shape index (κ3) is 3.29. The van der Waals surface area contributed by atoms with Gasteiger partial charge in [0.1, 0.15) is 29.0 Å². The van der Waals surface area contributed by atoms with E-state index in [9.17, 15) is 27.5 Å². The monoisotopic (exact) mass is 340 g/mol. The lowest BCUT2D eigenvalue weighted by Crippen LogP contribution is -2.10. The Labute approximate surface area is 129 Å². The quantitative estimate of drug-likeness (QED) is 0.368. The summed E-state index contributed by atoms with van der Waals surface area (Å²) in [5.74, 6) is -4.77. The highest BCUT2D eigenvalue weighted by atomic mass is 32.2. The van der Waals surface area contributed by atoms with Crippen LogP contribution in [0.15, 0.2) is 57.1 Å². The van der Waals surface area contributed by atoms with Gasteiger partial charge < -0.3 is 14.6 Å². The zero-order valence-electron chi connectivity index (χ0n) is 11.3. The van der Waals surface area contributed by atoms with Crippen LogP contribution in [0.5, 0.6) is 0 Å². The Morgan fingerprint density at radius 3 is 2.26 bits per heavy atom. The molecule has 1 aromatic carbocycles. The van der Waals surface area contributed by atoms with Crippen LogP contribution in [0, 0.1) is 5.82 Å². The first-order valence-electron chi connectivity index (χ1n) is 5.98. The maximum absolute atomic E-state index is 12.9. The second-order valence-corrected chi connectivity index (χ2v) is 6.22. The van der Waals surface area contributed by atoms with Gasteiger partial charge in [0.05, 0.1) is 10.5 Å². The van der Waals surface area contributed by atoms with Crippen molar-refractivity contribution in [2.24, 2.45) is 0 Å². The van der Waals surface area contributed by atoms with Gasteiger partial charge in [-0.25, -0.2) is 17.6 Å². The summed E-state index contributed by atoms with van der Waals surface area (Å²) in [5.41, 5.74) is -0.385. The molecule has 0 aliphatic heterocycles. The van der Waals surface area contributed by atoms with Crippen molar-refractivity contribution in [2.45, 2.75) is 9.79 Å². The van der Waals surface area contributed by atoms with Gasteiger partial charge in [0.2, 0.25) is 9.84 Å². The van der Waals surface area contributed by atoms with E-state index in [4.69, 9.17) is 9.52 Å². The number of aliphatic hydroxyl groups is 1. The Bertz CT molecular complexity index is 891. The number of hydrogen-bond acceptors (Lipinski definition) is 6. The maximum Gasteiger partial charge on any atom is 0.376 e.